The van der Waals surface area contributed by atoms with E-state index in [1.807, 2.05) is 25.3 Å². The van der Waals surface area contributed by atoms with E-state index in [2.05, 4.69) is 15.9 Å². The molecule has 2 N–H and O–H groups in total. The monoisotopic (exact) mass is 236 g/mol. The van der Waals surface area contributed by atoms with Gasteiger partial charge >= 0.3 is 0 Å². The molecule has 0 saturated heterocycles. The first-order valence-corrected chi connectivity index (χ1v) is 4.19. The van der Waals surface area contributed by atoms with Crippen molar-refractivity contribution in [1.82, 2.24) is 0 Å². The summed E-state index contributed by atoms with van der Waals surface area (Å²) in [5, 5.41) is 0.802. The number of nitrogens with two attached hydrogens (primary N) is 1. The molecule has 0 saturated carbocycles. The van der Waals surface area contributed by atoms with Crippen LogP contribution in [0.1, 0.15) is 11.3 Å². The van der Waals surface area contributed by atoms with Gasteiger partial charge in [0.2, 0.25) is 5.69 Å². The van der Waals surface area contributed by atoms with Crippen LogP contribution in [0.2, 0.25) is 0 Å². The van der Waals surface area contributed by atoms with Gasteiger partial charge in [-0.15, -0.1) is 0 Å². The zero-order valence-electron chi connectivity index (χ0n) is 6.22. The molecule has 0 aliphatic heterocycles. The molecule has 0 radical (unpaired) electrons. The maximum absolute atomic E-state index is 5.62. The van der Waals surface area contributed by atoms with Gasteiger partial charge in [0.05, 0.1) is 5.33 Å². The fourth-order valence-electron chi connectivity index (χ4n) is 0.844. The maximum atomic E-state index is 5.62. The van der Waals surface area contributed by atoms with Crippen LogP contribution in [0, 0.1) is 6.92 Å². The van der Waals surface area contributed by atoms with E-state index in [1.165, 1.54) is 5.56 Å². The first-order chi connectivity index (χ1) is 4.75. The lowest BCUT2D eigenvalue weighted by molar-refractivity contribution is -0.646. The fraction of sp³-hybridized carbons (Fsp3) is 0.286. The smallest absolute Gasteiger partial charge is 0.224 e. The third kappa shape index (κ3) is 2.34. The highest BCUT2D eigenvalue weighted by molar-refractivity contribution is 9.08. The highest BCUT2D eigenvalue weighted by Crippen LogP contribution is 2.04. The first-order valence-electron chi connectivity index (χ1n) is 3.07. The second-order valence-electron chi connectivity index (χ2n) is 2.18. The molecule has 0 amide bonds. The van der Waals surface area contributed by atoms with Crippen LogP contribution in [0.5, 0.6) is 0 Å². The number of nitrogen functional groups attached to an aromatic ring is 1. The Labute approximate surface area is 80.9 Å². The van der Waals surface area contributed by atoms with Crippen LogP contribution in [0.25, 0.3) is 0 Å². The van der Waals surface area contributed by atoms with Gasteiger partial charge in [-0.1, -0.05) is 20.6 Å². The highest BCUT2D eigenvalue weighted by atomic mass is 79.9. The van der Waals surface area contributed by atoms with Crippen LogP contribution in [0.15, 0.2) is 18.3 Å². The third-order valence-electron chi connectivity index (χ3n) is 1.49. The number of aromatic nitrogens is 1. The highest BCUT2D eigenvalue weighted by Gasteiger charge is 2.07. The van der Waals surface area contributed by atoms with Crippen molar-refractivity contribution in [1.29, 1.82) is 0 Å². The Morgan fingerprint density at radius 1 is 1.64 bits per heavy atom. The molecule has 1 aromatic rings. The molecule has 11 heavy (non-hydrogen) atoms. The lowest BCUT2D eigenvalue weighted by atomic mass is 10.2. The summed E-state index contributed by atoms with van der Waals surface area (Å²) < 4.78 is 1.63. The van der Waals surface area contributed by atoms with E-state index in [-0.39, 0.29) is 12.4 Å². The number of aryl methyl sites for hydroxylation is 1. The van der Waals surface area contributed by atoms with Crippen molar-refractivity contribution >= 4 is 15.9 Å². The normalized spacial score (nSPS) is 8.91. The number of alkyl halides is 1. The number of hydrogen-bond donors (Lipinski definition) is 1. The van der Waals surface area contributed by atoms with Gasteiger partial charge in [0.1, 0.15) is 0 Å². The average Bonchev–Trinajstić information content (AvgIpc) is 1.88. The number of nitrogens with zero attached hydrogens (tertiary/aromatic N) is 1. The number of rotatable bonds is 1. The molecular formula is C7H10BrClN2. The number of halogens is 2. The molecule has 0 spiro atoms. The Hall–Kier alpha value is -0.280. The van der Waals surface area contributed by atoms with Crippen LogP contribution < -0.4 is 22.9 Å². The molecule has 0 aliphatic carbocycles. The quantitative estimate of drug-likeness (QED) is 0.338. The van der Waals surface area contributed by atoms with Gasteiger partial charge in [-0.3, -0.25) is 0 Å². The zero-order valence-corrected chi connectivity index (χ0v) is 8.56. The van der Waals surface area contributed by atoms with E-state index in [4.69, 9.17) is 5.84 Å². The third-order valence-corrected chi connectivity index (χ3v) is 2.02. The van der Waals surface area contributed by atoms with E-state index in [1.54, 1.807) is 4.68 Å². The van der Waals surface area contributed by atoms with Crippen molar-refractivity contribution in [2.75, 3.05) is 5.84 Å². The summed E-state index contributed by atoms with van der Waals surface area (Å²) in [5.41, 5.74) is 2.32. The minimum absolute atomic E-state index is 0. The average molecular weight is 238 g/mol. The van der Waals surface area contributed by atoms with Crippen molar-refractivity contribution in [2.45, 2.75) is 12.3 Å². The lowest BCUT2D eigenvalue weighted by Gasteiger charge is -1.95. The van der Waals surface area contributed by atoms with Crippen LogP contribution in [-0.2, 0) is 5.33 Å². The van der Waals surface area contributed by atoms with Gasteiger partial charge in [-0.05, 0) is 13.0 Å². The van der Waals surface area contributed by atoms with Gasteiger partial charge in [-0.2, -0.15) is 0 Å². The fourth-order valence-corrected chi connectivity index (χ4v) is 1.58. The van der Waals surface area contributed by atoms with Gasteiger partial charge < -0.3 is 12.4 Å². The van der Waals surface area contributed by atoms with E-state index < -0.39 is 0 Å². The molecule has 0 aliphatic rings. The first kappa shape index (κ1) is 10.7. The summed E-state index contributed by atoms with van der Waals surface area (Å²) in [6, 6.07) is 3.97. The standard InChI is InChI=1S/C7H10BrN2.ClH/c1-6-3-2-4-10(9)7(6)5-8;/h2-4H,5,9H2,1H3;1H/q+1;/p-1. The maximum Gasteiger partial charge on any atom is 0.224 e. The Morgan fingerprint density at radius 2 is 2.27 bits per heavy atom. The molecule has 0 fully saturated rings. The van der Waals surface area contributed by atoms with Gasteiger partial charge in [0.25, 0.3) is 0 Å². The summed E-state index contributed by atoms with van der Waals surface area (Å²) >= 11 is 3.36. The molecule has 1 rings (SSSR count). The summed E-state index contributed by atoms with van der Waals surface area (Å²) in [5.74, 6) is 5.62. The molecular weight excluding hydrogens is 227 g/mol. The van der Waals surface area contributed by atoms with Crippen LogP contribution >= 0.6 is 15.9 Å². The lowest BCUT2D eigenvalue weighted by Crippen LogP contribution is -3.00. The Kier molecular flexibility index (Phi) is 4.45. The molecule has 1 heterocycles. The van der Waals surface area contributed by atoms with E-state index in [0.717, 1.165) is 11.0 Å². The molecule has 1 aromatic heterocycles. The van der Waals surface area contributed by atoms with Gasteiger partial charge in [0, 0.05) is 11.6 Å². The van der Waals surface area contributed by atoms with Crippen molar-refractivity contribution in [3.8, 4) is 0 Å². The number of pyridine rings is 1. The molecule has 0 unspecified atom stereocenters. The van der Waals surface area contributed by atoms with Crippen molar-refractivity contribution in [3.63, 3.8) is 0 Å². The largest absolute Gasteiger partial charge is 1.00 e. The van der Waals surface area contributed by atoms with Crippen LogP contribution in [0.4, 0.5) is 0 Å². The van der Waals surface area contributed by atoms with Crippen molar-refractivity contribution in [2.24, 2.45) is 0 Å². The molecule has 4 heteroatoms. The minimum atomic E-state index is 0. The number of hydrogen-bond acceptors (Lipinski definition) is 1. The van der Waals surface area contributed by atoms with E-state index in [0.29, 0.717) is 0 Å². The molecule has 62 valence electrons. The summed E-state index contributed by atoms with van der Waals surface area (Å²) in [6.45, 7) is 2.04. The van der Waals surface area contributed by atoms with E-state index >= 15 is 0 Å². The Balaban J connectivity index is 0.000001000. The molecule has 0 bridgehead atoms. The summed E-state index contributed by atoms with van der Waals surface area (Å²) in [6.07, 6.45) is 1.84. The van der Waals surface area contributed by atoms with Crippen LogP contribution in [-0.4, -0.2) is 0 Å². The Morgan fingerprint density at radius 3 is 2.64 bits per heavy atom. The summed E-state index contributed by atoms with van der Waals surface area (Å²) in [7, 11) is 0. The van der Waals surface area contributed by atoms with Gasteiger partial charge in [-0.25, -0.2) is 5.84 Å². The minimum Gasteiger partial charge on any atom is -1.00 e. The molecule has 0 aromatic carbocycles. The van der Waals surface area contributed by atoms with Crippen LogP contribution in [0.3, 0.4) is 0 Å². The second kappa shape index (κ2) is 4.57. The van der Waals surface area contributed by atoms with Crippen molar-refractivity contribution < 1.29 is 17.1 Å². The molecule has 2 nitrogen and oxygen atoms in total. The SMILES string of the molecule is Cc1ccc[n+](N)c1CBr.[Cl-]. The van der Waals surface area contributed by atoms with E-state index in [9.17, 15) is 0 Å². The zero-order chi connectivity index (χ0) is 7.56. The molecule has 0 atom stereocenters. The predicted molar refractivity (Wildman–Crippen MR) is 44.2 cm³/mol. The van der Waals surface area contributed by atoms with Gasteiger partial charge in [0.15, 0.2) is 6.20 Å². The summed E-state index contributed by atoms with van der Waals surface area (Å²) in [4.78, 5) is 0. The predicted octanol–water partition coefficient (Wildman–Crippen LogP) is -2.10. The van der Waals surface area contributed by atoms with Crippen molar-refractivity contribution in [3.05, 3.63) is 29.6 Å². The second-order valence-corrected chi connectivity index (χ2v) is 2.74. The Bertz CT molecular complexity index is 220. The topological polar surface area (TPSA) is 29.9 Å².